The molecule has 0 fully saturated rings. The summed E-state index contributed by atoms with van der Waals surface area (Å²) in [5.74, 6) is -1.47. The molecule has 0 aliphatic heterocycles. The lowest BCUT2D eigenvalue weighted by Gasteiger charge is -2.29. The number of hydrogen-bond acceptors (Lipinski definition) is 5. The van der Waals surface area contributed by atoms with Crippen LogP contribution in [0.5, 0.6) is 0 Å². The van der Waals surface area contributed by atoms with Crippen LogP contribution in [0.4, 0.5) is 4.79 Å². The molecule has 0 aliphatic rings. The highest BCUT2D eigenvalue weighted by molar-refractivity contribution is 6.02. The lowest BCUT2D eigenvalue weighted by molar-refractivity contribution is 0.0211. The fourth-order valence-electron chi connectivity index (χ4n) is 3.30. The molecule has 0 radical (unpaired) electrons. The van der Waals surface area contributed by atoms with Crippen molar-refractivity contribution < 1.29 is 29.0 Å². The van der Waals surface area contributed by atoms with E-state index in [1.165, 1.54) is 13.2 Å². The third kappa shape index (κ3) is 6.57. The Morgan fingerprint density at radius 2 is 1.62 bits per heavy atom. The van der Waals surface area contributed by atoms with Crippen LogP contribution in [0.2, 0.25) is 0 Å². The van der Waals surface area contributed by atoms with Crippen molar-refractivity contribution in [2.24, 2.45) is 5.92 Å². The summed E-state index contributed by atoms with van der Waals surface area (Å²) in [7, 11) is 1.27. The summed E-state index contributed by atoms with van der Waals surface area (Å²) < 4.78 is 10.5. The Hall–Kier alpha value is -3.35. The number of rotatable bonds is 7. The first-order valence-electron chi connectivity index (χ1n) is 10.4. The Morgan fingerprint density at radius 1 is 1.00 bits per heavy atom. The van der Waals surface area contributed by atoms with E-state index in [2.05, 4.69) is 0 Å². The minimum absolute atomic E-state index is 0.0839. The topological polar surface area (TPSA) is 93.1 Å². The molecule has 1 amide bonds. The average Bonchev–Trinajstić information content (AvgIpc) is 2.71. The van der Waals surface area contributed by atoms with Crippen molar-refractivity contribution in [1.29, 1.82) is 0 Å². The Bertz CT molecular complexity index is 990. The van der Waals surface area contributed by atoms with Gasteiger partial charge in [-0.05, 0) is 55.5 Å². The fraction of sp³-hybridized carbons (Fsp3) is 0.400. The van der Waals surface area contributed by atoms with E-state index in [-0.39, 0.29) is 23.6 Å². The van der Waals surface area contributed by atoms with E-state index < -0.39 is 23.6 Å². The quantitative estimate of drug-likeness (QED) is 0.591. The summed E-state index contributed by atoms with van der Waals surface area (Å²) in [4.78, 5) is 38.5. The van der Waals surface area contributed by atoms with Crippen LogP contribution in [0.25, 0.3) is 11.1 Å². The largest absolute Gasteiger partial charge is 0.478 e. The van der Waals surface area contributed by atoms with Gasteiger partial charge < -0.3 is 19.5 Å². The van der Waals surface area contributed by atoms with Gasteiger partial charge in [0.15, 0.2) is 0 Å². The molecule has 2 rings (SSSR count). The second kappa shape index (κ2) is 10.3. The zero-order valence-electron chi connectivity index (χ0n) is 19.5. The van der Waals surface area contributed by atoms with Crippen molar-refractivity contribution in [3.05, 3.63) is 59.2 Å². The lowest BCUT2D eigenvalue weighted by atomic mass is 9.93. The van der Waals surface area contributed by atoms with E-state index in [1.807, 2.05) is 34.6 Å². The van der Waals surface area contributed by atoms with Gasteiger partial charge in [0.1, 0.15) is 5.60 Å². The van der Waals surface area contributed by atoms with Crippen molar-refractivity contribution in [2.75, 3.05) is 13.7 Å². The van der Waals surface area contributed by atoms with Gasteiger partial charge >= 0.3 is 18.0 Å². The highest BCUT2D eigenvalue weighted by Gasteiger charge is 2.24. The maximum Gasteiger partial charge on any atom is 0.410 e. The molecule has 0 heterocycles. The number of amides is 1. The number of carbonyl (C=O) groups is 3. The van der Waals surface area contributed by atoms with Gasteiger partial charge in [0.2, 0.25) is 0 Å². The van der Waals surface area contributed by atoms with Crippen LogP contribution in [0.15, 0.2) is 42.5 Å². The van der Waals surface area contributed by atoms with Crippen LogP contribution >= 0.6 is 0 Å². The van der Waals surface area contributed by atoms with Crippen LogP contribution in [-0.2, 0) is 16.0 Å². The number of aromatic carboxylic acids is 1. The molecule has 7 heteroatoms. The van der Waals surface area contributed by atoms with Crippen LogP contribution in [-0.4, -0.2) is 47.3 Å². The summed E-state index contributed by atoms with van der Waals surface area (Å²) in [5.41, 5.74) is 1.25. The molecular weight excluding hydrogens is 410 g/mol. The third-order valence-electron chi connectivity index (χ3n) is 4.55. The van der Waals surface area contributed by atoms with Crippen molar-refractivity contribution in [3.63, 3.8) is 0 Å². The van der Waals surface area contributed by atoms with Gasteiger partial charge in [0.25, 0.3) is 0 Å². The average molecular weight is 442 g/mol. The second-order valence-corrected chi connectivity index (χ2v) is 8.98. The summed E-state index contributed by atoms with van der Waals surface area (Å²) in [6.07, 6.45) is -0.439. The second-order valence-electron chi connectivity index (χ2n) is 8.98. The maximum atomic E-state index is 12.7. The predicted octanol–water partition coefficient (Wildman–Crippen LogP) is 5.23. The molecule has 1 N–H and O–H groups in total. The van der Waals surface area contributed by atoms with Crippen molar-refractivity contribution >= 4 is 18.0 Å². The number of methoxy groups -OCH3 is 1. The zero-order valence-corrected chi connectivity index (χ0v) is 19.5. The first-order chi connectivity index (χ1) is 14.9. The number of esters is 1. The number of ether oxygens (including phenoxy) is 2. The van der Waals surface area contributed by atoms with E-state index in [0.717, 1.165) is 0 Å². The molecule has 0 saturated heterocycles. The molecule has 0 bridgehead atoms. The minimum atomic E-state index is -1.09. The highest BCUT2D eigenvalue weighted by Crippen LogP contribution is 2.29. The molecule has 2 aromatic carbocycles. The number of carboxylic acid groups (broad SMARTS) is 1. The summed E-state index contributed by atoms with van der Waals surface area (Å²) in [6, 6.07) is 11.6. The number of carboxylic acids is 1. The highest BCUT2D eigenvalue weighted by atomic mass is 16.6. The standard InChI is InChI=1S/C25H31NO6/c1-16(2)14-26(24(30)32-25(3,4)5)15-17-11-12-19(21(13-17)23(29)31-6)18-9-7-8-10-20(18)22(27)28/h7-13,16H,14-15H2,1-6H3,(H,27,28). The zero-order chi connectivity index (χ0) is 24.1. The fourth-order valence-corrected chi connectivity index (χ4v) is 3.30. The van der Waals surface area contributed by atoms with Crippen molar-refractivity contribution in [3.8, 4) is 11.1 Å². The van der Waals surface area contributed by atoms with Gasteiger partial charge in [-0.2, -0.15) is 0 Å². The first-order valence-corrected chi connectivity index (χ1v) is 10.4. The first kappa shape index (κ1) is 24.9. The van der Waals surface area contributed by atoms with E-state index in [0.29, 0.717) is 23.2 Å². The van der Waals surface area contributed by atoms with Crippen molar-refractivity contribution in [1.82, 2.24) is 4.90 Å². The minimum Gasteiger partial charge on any atom is -0.478 e. The summed E-state index contributed by atoms with van der Waals surface area (Å²) in [5, 5.41) is 9.55. The van der Waals surface area contributed by atoms with Gasteiger partial charge in [0, 0.05) is 13.1 Å². The Kier molecular flexibility index (Phi) is 8.02. The molecule has 0 atom stereocenters. The van der Waals surface area contributed by atoms with Crippen LogP contribution in [0.1, 0.15) is 60.9 Å². The number of nitrogens with zero attached hydrogens (tertiary/aromatic N) is 1. The van der Waals surface area contributed by atoms with E-state index in [9.17, 15) is 19.5 Å². The molecule has 172 valence electrons. The summed E-state index contributed by atoms with van der Waals surface area (Å²) >= 11 is 0. The third-order valence-corrected chi connectivity index (χ3v) is 4.55. The van der Waals surface area contributed by atoms with Crippen LogP contribution < -0.4 is 0 Å². The molecular formula is C25H31NO6. The maximum absolute atomic E-state index is 12.7. The number of carbonyl (C=O) groups excluding carboxylic acids is 2. The monoisotopic (exact) mass is 441 g/mol. The molecule has 0 unspecified atom stereocenters. The molecule has 0 saturated carbocycles. The molecule has 0 aromatic heterocycles. The van der Waals surface area contributed by atoms with Gasteiger partial charge in [-0.1, -0.05) is 44.2 Å². The molecule has 0 aliphatic carbocycles. The lowest BCUT2D eigenvalue weighted by Crippen LogP contribution is -2.38. The molecule has 2 aromatic rings. The van der Waals surface area contributed by atoms with Gasteiger partial charge in [-0.3, -0.25) is 0 Å². The predicted molar refractivity (Wildman–Crippen MR) is 122 cm³/mol. The smallest absolute Gasteiger partial charge is 0.410 e. The molecule has 32 heavy (non-hydrogen) atoms. The Balaban J connectivity index is 2.49. The number of benzene rings is 2. The Labute approximate surface area is 188 Å². The van der Waals surface area contributed by atoms with E-state index in [1.54, 1.807) is 41.3 Å². The van der Waals surface area contributed by atoms with E-state index >= 15 is 0 Å². The van der Waals surface area contributed by atoms with Gasteiger partial charge in [-0.25, -0.2) is 14.4 Å². The Morgan fingerprint density at radius 3 is 2.19 bits per heavy atom. The molecule has 7 nitrogen and oxygen atoms in total. The van der Waals surface area contributed by atoms with E-state index in [4.69, 9.17) is 9.47 Å². The van der Waals surface area contributed by atoms with Gasteiger partial charge in [-0.15, -0.1) is 0 Å². The summed E-state index contributed by atoms with van der Waals surface area (Å²) in [6.45, 7) is 10.1. The number of hydrogen-bond donors (Lipinski definition) is 1. The normalized spacial score (nSPS) is 11.2. The molecule has 0 spiro atoms. The van der Waals surface area contributed by atoms with Gasteiger partial charge in [0.05, 0.1) is 18.2 Å². The van der Waals surface area contributed by atoms with Crippen LogP contribution in [0, 0.1) is 5.92 Å². The SMILES string of the molecule is COC(=O)c1cc(CN(CC(C)C)C(=O)OC(C)(C)C)ccc1-c1ccccc1C(=O)O. The van der Waals surface area contributed by atoms with Crippen molar-refractivity contribution in [2.45, 2.75) is 46.8 Å². The van der Waals surface area contributed by atoms with Crippen LogP contribution in [0.3, 0.4) is 0 Å².